The molecule has 8 nitrogen and oxygen atoms in total. The van der Waals surface area contributed by atoms with Crippen molar-refractivity contribution in [1.82, 2.24) is 24.5 Å². The standard InChI is InChI=1S/C16H12N6O2S/c17-14-13-15(20-8-19-14)22(7-11(23)24)16(21-13)25-10-5-1-3-9-4-2-6-18-12(9)10/h1-6,8H,7H2,(H,23,24)(H2,17,19,20). The van der Waals surface area contributed by atoms with Crippen LogP contribution in [0.5, 0.6) is 0 Å². The number of aromatic nitrogens is 5. The molecule has 0 fully saturated rings. The van der Waals surface area contributed by atoms with Gasteiger partial charge in [-0.1, -0.05) is 18.2 Å². The molecule has 3 N–H and O–H groups in total. The molecule has 25 heavy (non-hydrogen) atoms. The average Bonchev–Trinajstić information content (AvgIpc) is 2.94. The number of pyridine rings is 1. The lowest BCUT2D eigenvalue weighted by Crippen LogP contribution is -2.10. The summed E-state index contributed by atoms with van der Waals surface area (Å²) < 4.78 is 1.52. The molecule has 124 valence electrons. The van der Waals surface area contributed by atoms with E-state index in [1.165, 1.54) is 22.7 Å². The highest BCUT2D eigenvalue weighted by Gasteiger charge is 2.18. The smallest absolute Gasteiger partial charge is 0.323 e. The minimum atomic E-state index is -0.991. The van der Waals surface area contributed by atoms with E-state index in [1.807, 2.05) is 30.3 Å². The summed E-state index contributed by atoms with van der Waals surface area (Å²) in [6.45, 7) is -0.270. The maximum Gasteiger partial charge on any atom is 0.323 e. The van der Waals surface area contributed by atoms with Crippen molar-refractivity contribution >= 4 is 45.6 Å². The Balaban J connectivity index is 1.88. The molecule has 4 rings (SSSR count). The number of para-hydroxylation sites is 1. The van der Waals surface area contributed by atoms with Crippen LogP contribution in [0.4, 0.5) is 5.82 Å². The number of rotatable bonds is 4. The van der Waals surface area contributed by atoms with Gasteiger partial charge in [-0.2, -0.15) is 0 Å². The molecular formula is C16H12N6O2S. The molecule has 3 heterocycles. The molecule has 0 spiro atoms. The Kier molecular flexibility index (Phi) is 3.69. The summed E-state index contributed by atoms with van der Waals surface area (Å²) in [6, 6.07) is 9.64. The van der Waals surface area contributed by atoms with Crippen LogP contribution in [0.25, 0.3) is 22.1 Å². The number of carbonyl (C=O) groups is 1. The molecule has 4 aromatic rings. The van der Waals surface area contributed by atoms with Crippen molar-refractivity contribution in [3.63, 3.8) is 0 Å². The van der Waals surface area contributed by atoms with Crippen LogP contribution in [0.2, 0.25) is 0 Å². The number of carboxylic acids is 1. The topological polar surface area (TPSA) is 120 Å². The van der Waals surface area contributed by atoms with Gasteiger partial charge in [0.2, 0.25) is 0 Å². The molecule has 0 radical (unpaired) electrons. The maximum atomic E-state index is 11.3. The van der Waals surface area contributed by atoms with Crippen LogP contribution in [0.15, 0.2) is 52.9 Å². The van der Waals surface area contributed by atoms with E-state index in [9.17, 15) is 9.90 Å². The Morgan fingerprint density at radius 2 is 2.00 bits per heavy atom. The van der Waals surface area contributed by atoms with E-state index in [-0.39, 0.29) is 12.4 Å². The van der Waals surface area contributed by atoms with E-state index < -0.39 is 5.97 Å². The van der Waals surface area contributed by atoms with Crippen molar-refractivity contribution < 1.29 is 9.90 Å². The van der Waals surface area contributed by atoms with Gasteiger partial charge >= 0.3 is 5.97 Å². The zero-order chi connectivity index (χ0) is 17.4. The minimum Gasteiger partial charge on any atom is -0.480 e. The van der Waals surface area contributed by atoms with Gasteiger partial charge in [-0.3, -0.25) is 14.3 Å². The van der Waals surface area contributed by atoms with Gasteiger partial charge in [-0.15, -0.1) is 0 Å². The first-order valence-electron chi connectivity index (χ1n) is 7.33. The number of nitrogen functional groups attached to an aromatic ring is 1. The Morgan fingerprint density at radius 3 is 2.84 bits per heavy atom. The lowest BCUT2D eigenvalue weighted by atomic mass is 10.2. The number of imidazole rings is 1. The van der Waals surface area contributed by atoms with Crippen molar-refractivity contribution in [3.05, 3.63) is 42.9 Å². The van der Waals surface area contributed by atoms with Gasteiger partial charge in [0, 0.05) is 16.5 Å². The van der Waals surface area contributed by atoms with Gasteiger partial charge in [0.25, 0.3) is 0 Å². The van der Waals surface area contributed by atoms with Crippen molar-refractivity contribution in [2.45, 2.75) is 16.6 Å². The number of anilines is 1. The number of fused-ring (bicyclic) bond motifs is 2. The van der Waals surface area contributed by atoms with E-state index in [2.05, 4.69) is 19.9 Å². The Bertz CT molecular complexity index is 1110. The van der Waals surface area contributed by atoms with Crippen LogP contribution in [0.3, 0.4) is 0 Å². The first-order valence-corrected chi connectivity index (χ1v) is 8.15. The zero-order valence-corrected chi connectivity index (χ0v) is 13.6. The van der Waals surface area contributed by atoms with E-state index in [4.69, 9.17) is 5.73 Å². The fourth-order valence-corrected chi connectivity index (χ4v) is 3.56. The van der Waals surface area contributed by atoms with Gasteiger partial charge in [0.05, 0.1) is 5.52 Å². The van der Waals surface area contributed by atoms with Gasteiger partial charge in [0.15, 0.2) is 22.1 Å². The summed E-state index contributed by atoms with van der Waals surface area (Å²) >= 11 is 1.32. The molecule has 1 aromatic carbocycles. The van der Waals surface area contributed by atoms with Crippen LogP contribution in [-0.4, -0.2) is 35.6 Å². The predicted octanol–water partition coefficient (Wildman–Crippen LogP) is 2.19. The molecule has 0 saturated carbocycles. The number of nitrogens with two attached hydrogens (primary N) is 1. The molecule has 3 aromatic heterocycles. The lowest BCUT2D eigenvalue weighted by molar-refractivity contribution is -0.137. The van der Waals surface area contributed by atoms with E-state index in [0.29, 0.717) is 16.3 Å². The van der Waals surface area contributed by atoms with Crippen molar-refractivity contribution in [3.8, 4) is 0 Å². The molecule has 0 bridgehead atoms. The predicted molar refractivity (Wildman–Crippen MR) is 93.2 cm³/mol. The highest BCUT2D eigenvalue weighted by Crippen LogP contribution is 2.34. The number of carboxylic acid groups (broad SMARTS) is 1. The quantitative estimate of drug-likeness (QED) is 0.573. The molecule has 0 amide bonds. The fraction of sp³-hybridized carbons (Fsp3) is 0.0625. The third-order valence-corrected chi connectivity index (χ3v) is 4.66. The second kappa shape index (κ2) is 6.02. The summed E-state index contributed by atoms with van der Waals surface area (Å²) in [5.41, 5.74) is 7.46. The summed E-state index contributed by atoms with van der Waals surface area (Å²) in [6.07, 6.45) is 3.02. The van der Waals surface area contributed by atoms with Gasteiger partial charge in [-0.05, 0) is 23.9 Å². The number of benzene rings is 1. The highest BCUT2D eigenvalue weighted by atomic mass is 32.2. The second-order valence-electron chi connectivity index (χ2n) is 5.24. The molecule has 9 heteroatoms. The molecule has 0 aliphatic heterocycles. The Labute approximate surface area is 145 Å². The maximum absolute atomic E-state index is 11.3. The monoisotopic (exact) mass is 352 g/mol. The SMILES string of the molecule is Nc1ncnc2c1nc(Sc1cccc3cccnc13)n2CC(=O)O. The molecule has 0 aliphatic rings. The summed E-state index contributed by atoms with van der Waals surface area (Å²) in [5.74, 6) is -0.776. The lowest BCUT2D eigenvalue weighted by Gasteiger charge is -2.07. The molecular weight excluding hydrogens is 340 g/mol. The number of hydrogen-bond donors (Lipinski definition) is 2. The summed E-state index contributed by atoms with van der Waals surface area (Å²) in [5, 5.41) is 10.7. The van der Waals surface area contributed by atoms with Crippen LogP contribution >= 0.6 is 11.8 Å². The van der Waals surface area contributed by atoms with Gasteiger partial charge in [-0.25, -0.2) is 15.0 Å². The molecule has 0 atom stereocenters. The van der Waals surface area contributed by atoms with Crippen molar-refractivity contribution in [1.29, 1.82) is 0 Å². The minimum absolute atomic E-state index is 0.215. The van der Waals surface area contributed by atoms with E-state index in [0.717, 1.165) is 15.8 Å². The molecule has 0 saturated heterocycles. The molecule has 0 unspecified atom stereocenters. The summed E-state index contributed by atoms with van der Waals surface area (Å²) in [7, 11) is 0. The Hall–Kier alpha value is -3.20. The van der Waals surface area contributed by atoms with E-state index in [1.54, 1.807) is 6.20 Å². The third kappa shape index (κ3) is 2.74. The fourth-order valence-electron chi connectivity index (χ4n) is 2.55. The summed E-state index contributed by atoms with van der Waals surface area (Å²) in [4.78, 5) is 29.1. The zero-order valence-electron chi connectivity index (χ0n) is 12.8. The third-order valence-electron chi connectivity index (χ3n) is 3.62. The van der Waals surface area contributed by atoms with Gasteiger partial charge in [0.1, 0.15) is 12.9 Å². The first-order chi connectivity index (χ1) is 12.1. The molecule has 0 aliphatic carbocycles. The van der Waals surface area contributed by atoms with Crippen LogP contribution in [0, 0.1) is 0 Å². The van der Waals surface area contributed by atoms with Crippen LogP contribution in [0.1, 0.15) is 0 Å². The van der Waals surface area contributed by atoms with Gasteiger partial charge < -0.3 is 10.8 Å². The number of aliphatic carboxylic acids is 1. The van der Waals surface area contributed by atoms with Crippen molar-refractivity contribution in [2.24, 2.45) is 0 Å². The van der Waals surface area contributed by atoms with E-state index >= 15 is 0 Å². The highest BCUT2D eigenvalue weighted by molar-refractivity contribution is 7.99. The number of nitrogens with zero attached hydrogens (tertiary/aromatic N) is 5. The Morgan fingerprint density at radius 1 is 1.16 bits per heavy atom. The largest absolute Gasteiger partial charge is 0.480 e. The number of hydrogen-bond acceptors (Lipinski definition) is 7. The first kappa shape index (κ1) is 15.3. The van der Waals surface area contributed by atoms with Crippen LogP contribution < -0.4 is 5.73 Å². The van der Waals surface area contributed by atoms with Crippen LogP contribution in [-0.2, 0) is 11.3 Å². The normalized spacial score (nSPS) is 11.2. The van der Waals surface area contributed by atoms with Crippen molar-refractivity contribution in [2.75, 3.05) is 5.73 Å². The average molecular weight is 352 g/mol. The second-order valence-corrected chi connectivity index (χ2v) is 6.25.